The van der Waals surface area contributed by atoms with Crippen LogP contribution in [0.5, 0.6) is 0 Å². The molecule has 4 aliphatic rings. The Kier molecular flexibility index (Phi) is 4.10. The first-order valence-electron chi connectivity index (χ1n) is 9.06. The number of hydrogen-bond acceptors (Lipinski definition) is 5. The first-order valence-corrected chi connectivity index (χ1v) is 10.0. The maximum atomic E-state index is 13.8. The molecule has 0 radical (unpaired) electrons. The van der Waals surface area contributed by atoms with Crippen LogP contribution in [0.4, 0.5) is 8.78 Å². The topological polar surface area (TPSA) is 62.7 Å². The molecule has 2 aliphatic heterocycles. The normalized spacial score (nSPS) is 38.5. The van der Waals surface area contributed by atoms with Gasteiger partial charge in [-0.25, -0.2) is 8.78 Å². The second-order valence-electron chi connectivity index (χ2n) is 7.49. The van der Waals surface area contributed by atoms with Crippen molar-refractivity contribution >= 4 is 23.2 Å². The van der Waals surface area contributed by atoms with Crippen LogP contribution in [0.1, 0.15) is 16.8 Å². The van der Waals surface area contributed by atoms with Crippen molar-refractivity contribution in [3.05, 3.63) is 47.5 Å². The summed E-state index contributed by atoms with van der Waals surface area (Å²) in [6.07, 6.45) is 4.95. The molecule has 6 unspecified atom stereocenters. The molecule has 1 spiro atoms. The number of amides is 1. The molecule has 8 heteroatoms. The molecule has 1 saturated heterocycles. The Morgan fingerprint density at radius 2 is 2.33 bits per heavy atom. The summed E-state index contributed by atoms with van der Waals surface area (Å²) in [5.74, 6) is -1.28. The molecule has 2 N–H and O–H groups in total. The molecule has 6 atom stereocenters. The smallest absolute Gasteiger partial charge is 0.254 e. The first-order chi connectivity index (χ1) is 13.1. The number of benzene rings is 1. The number of halogens is 2. The van der Waals surface area contributed by atoms with Crippen molar-refractivity contribution in [1.82, 2.24) is 10.6 Å². The summed E-state index contributed by atoms with van der Waals surface area (Å²) in [5.41, 5.74) is 1.29. The van der Waals surface area contributed by atoms with E-state index in [1.54, 1.807) is 11.8 Å². The Morgan fingerprint density at radius 3 is 3.11 bits per heavy atom. The van der Waals surface area contributed by atoms with Crippen LogP contribution in [0.3, 0.4) is 0 Å². The zero-order valence-electron chi connectivity index (χ0n) is 14.4. The molecule has 2 fully saturated rings. The molecule has 5 rings (SSSR count). The van der Waals surface area contributed by atoms with Gasteiger partial charge < -0.3 is 10.1 Å². The highest BCUT2D eigenvalue weighted by Gasteiger charge is 2.62. The van der Waals surface area contributed by atoms with Crippen molar-refractivity contribution in [2.45, 2.75) is 29.5 Å². The monoisotopic (exact) mass is 391 g/mol. The number of nitrogens with zero attached hydrogens (tertiary/aromatic N) is 1. The highest BCUT2D eigenvalue weighted by atomic mass is 32.2. The molecule has 1 aromatic carbocycles. The van der Waals surface area contributed by atoms with Gasteiger partial charge >= 0.3 is 0 Å². The lowest BCUT2D eigenvalue weighted by atomic mass is 9.81. The minimum Gasteiger partial charge on any atom is -0.351 e. The van der Waals surface area contributed by atoms with E-state index in [1.165, 1.54) is 0 Å². The Hall–Kier alpha value is -1.77. The van der Waals surface area contributed by atoms with Crippen molar-refractivity contribution in [1.29, 1.82) is 0 Å². The summed E-state index contributed by atoms with van der Waals surface area (Å²) in [7, 11) is 0. The van der Waals surface area contributed by atoms with Crippen molar-refractivity contribution < 1.29 is 18.3 Å². The summed E-state index contributed by atoms with van der Waals surface area (Å²) >= 11 is 1.76. The number of carbonyl (C=O) groups excluding carboxylic acids is 1. The fourth-order valence-corrected chi connectivity index (χ4v) is 5.94. The molecule has 0 aromatic heterocycles. The van der Waals surface area contributed by atoms with E-state index in [2.05, 4.69) is 27.8 Å². The van der Waals surface area contributed by atoms with Gasteiger partial charge in [-0.05, 0) is 30.5 Å². The number of fused-ring (bicyclic) bond motifs is 3. The minimum atomic E-state index is -0.745. The molecule has 142 valence electrons. The van der Waals surface area contributed by atoms with E-state index in [1.807, 2.05) is 5.55 Å². The van der Waals surface area contributed by atoms with Crippen LogP contribution in [0.25, 0.3) is 0 Å². The molecular formula is C19H19F2N3O2S. The fraction of sp³-hybridized carbons (Fsp3) is 0.474. The maximum Gasteiger partial charge on any atom is 0.254 e. The molecule has 5 nitrogen and oxygen atoms in total. The van der Waals surface area contributed by atoms with Crippen molar-refractivity contribution in [2.24, 2.45) is 16.8 Å². The van der Waals surface area contributed by atoms with Crippen LogP contribution in [-0.4, -0.2) is 47.7 Å². The van der Waals surface area contributed by atoms with E-state index >= 15 is 0 Å². The molecule has 1 amide bonds. The predicted molar refractivity (Wildman–Crippen MR) is 98.7 cm³/mol. The lowest BCUT2D eigenvalue weighted by molar-refractivity contribution is -0.130. The van der Waals surface area contributed by atoms with Crippen LogP contribution in [0.15, 0.2) is 35.3 Å². The Morgan fingerprint density at radius 1 is 1.44 bits per heavy atom. The molecule has 2 aliphatic carbocycles. The molecular weight excluding hydrogens is 372 g/mol. The summed E-state index contributed by atoms with van der Waals surface area (Å²) < 4.78 is 33.4. The Bertz CT molecular complexity index is 840. The summed E-state index contributed by atoms with van der Waals surface area (Å²) in [4.78, 5) is 16.6. The SMILES string of the molecule is O=C(NCC1NC2C3C=CC(C3)(O1)C2C1CN=CS1)c1cc(F)ccc1F. The highest BCUT2D eigenvalue weighted by molar-refractivity contribution is 8.12. The number of hydrogen-bond donors (Lipinski definition) is 2. The molecule has 3 bridgehead atoms. The zero-order chi connectivity index (χ0) is 18.6. The fourth-order valence-electron chi connectivity index (χ4n) is 4.87. The van der Waals surface area contributed by atoms with Crippen LogP contribution < -0.4 is 10.6 Å². The van der Waals surface area contributed by atoms with Crippen LogP contribution in [0.2, 0.25) is 0 Å². The highest BCUT2D eigenvalue weighted by Crippen LogP contribution is 2.55. The number of nitrogens with one attached hydrogen (secondary N) is 2. The third-order valence-corrected chi connectivity index (χ3v) is 7.01. The second-order valence-corrected chi connectivity index (χ2v) is 8.57. The van der Waals surface area contributed by atoms with Gasteiger partial charge in [0.25, 0.3) is 5.91 Å². The number of aliphatic imine (C=N–C) groups is 1. The second kappa shape index (κ2) is 6.39. The third kappa shape index (κ3) is 2.81. The lowest BCUT2D eigenvalue weighted by Gasteiger charge is -2.47. The minimum absolute atomic E-state index is 0.189. The van der Waals surface area contributed by atoms with Gasteiger partial charge in [-0.2, -0.15) is 0 Å². The van der Waals surface area contributed by atoms with Crippen LogP contribution >= 0.6 is 11.8 Å². The quantitative estimate of drug-likeness (QED) is 0.772. The van der Waals surface area contributed by atoms with Gasteiger partial charge in [-0.3, -0.25) is 15.1 Å². The van der Waals surface area contributed by atoms with Crippen molar-refractivity contribution in [3.63, 3.8) is 0 Å². The zero-order valence-corrected chi connectivity index (χ0v) is 15.2. The number of carbonyl (C=O) groups is 1. The number of ether oxygens (including phenoxy) is 1. The summed E-state index contributed by atoms with van der Waals surface area (Å²) in [5, 5.41) is 6.56. The van der Waals surface area contributed by atoms with Crippen molar-refractivity contribution in [2.75, 3.05) is 13.1 Å². The van der Waals surface area contributed by atoms with Gasteiger partial charge in [0.1, 0.15) is 17.9 Å². The van der Waals surface area contributed by atoms with Gasteiger partial charge in [0.2, 0.25) is 0 Å². The molecule has 1 saturated carbocycles. The molecule has 2 heterocycles. The Labute approximate surface area is 159 Å². The third-order valence-electron chi connectivity index (χ3n) is 5.95. The molecule has 27 heavy (non-hydrogen) atoms. The van der Waals surface area contributed by atoms with E-state index in [-0.39, 0.29) is 30.0 Å². The van der Waals surface area contributed by atoms with Crippen LogP contribution in [-0.2, 0) is 4.74 Å². The van der Waals surface area contributed by atoms with E-state index in [9.17, 15) is 13.6 Å². The van der Waals surface area contributed by atoms with E-state index < -0.39 is 17.5 Å². The van der Waals surface area contributed by atoms with E-state index in [4.69, 9.17) is 4.74 Å². The van der Waals surface area contributed by atoms with Gasteiger partial charge in [0.05, 0.1) is 29.8 Å². The summed E-state index contributed by atoms with van der Waals surface area (Å²) in [6, 6.07) is 3.12. The lowest BCUT2D eigenvalue weighted by Crippen LogP contribution is -2.63. The van der Waals surface area contributed by atoms with E-state index in [0.717, 1.165) is 31.2 Å². The van der Waals surface area contributed by atoms with Crippen LogP contribution in [0, 0.1) is 23.5 Å². The number of thioether (sulfide) groups is 1. The average Bonchev–Trinajstić information content (AvgIpc) is 3.34. The van der Waals surface area contributed by atoms with Gasteiger partial charge in [0.15, 0.2) is 0 Å². The molecule has 1 aromatic rings. The first kappa shape index (κ1) is 17.3. The largest absolute Gasteiger partial charge is 0.351 e. The average molecular weight is 391 g/mol. The Balaban J connectivity index is 1.27. The van der Waals surface area contributed by atoms with Gasteiger partial charge in [-0.1, -0.05) is 12.2 Å². The van der Waals surface area contributed by atoms with Gasteiger partial charge in [0, 0.05) is 17.2 Å². The number of rotatable bonds is 4. The maximum absolute atomic E-state index is 13.8. The van der Waals surface area contributed by atoms with E-state index in [0.29, 0.717) is 17.1 Å². The summed E-state index contributed by atoms with van der Waals surface area (Å²) in [6.45, 7) is 0.994. The van der Waals surface area contributed by atoms with Crippen molar-refractivity contribution in [3.8, 4) is 0 Å². The van der Waals surface area contributed by atoms with Gasteiger partial charge in [-0.15, -0.1) is 11.8 Å². The predicted octanol–water partition coefficient (Wildman–Crippen LogP) is 2.10. The standard InChI is InChI=1S/C19H19F2N3O2S/c20-11-1-2-13(21)12(5-11)18(25)23-8-15-24-17-10-3-4-19(6-10,26-15)16(17)14-7-22-9-27-14/h1-5,9-10,14-17,24H,6-8H2,(H,23,25).